The minimum Gasteiger partial charge on any atom is -0.496 e. The summed E-state index contributed by atoms with van der Waals surface area (Å²) in [5.41, 5.74) is 0.137. The Morgan fingerprint density at radius 1 is 1.21 bits per heavy atom. The van der Waals surface area contributed by atoms with Crippen LogP contribution in [0, 0.1) is 5.41 Å². The van der Waals surface area contributed by atoms with Crippen LogP contribution in [0.4, 0.5) is 0 Å². The number of carboxylic acids is 1. The molecule has 132 valence electrons. The smallest absolute Gasteiger partial charge is 0.311 e. The van der Waals surface area contributed by atoms with E-state index in [-0.39, 0.29) is 24.7 Å². The summed E-state index contributed by atoms with van der Waals surface area (Å²) >= 11 is 0. The minimum atomic E-state index is -0.957. The Bertz CT molecular complexity index is 620. The molecule has 1 aromatic rings. The van der Waals surface area contributed by atoms with Crippen molar-refractivity contribution in [2.45, 2.75) is 40.0 Å². The van der Waals surface area contributed by atoms with E-state index in [9.17, 15) is 19.5 Å². The minimum absolute atomic E-state index is 0.0213. The van der Waals surface area contributed by atoms with Crippen LogP contribution in [-0.4, -0.2) is 36.4 Å². The normalized spacial score (nSPS) is 11.0. The lowest BCUT2D eigenvalue weighted by molar-refractivity contribution is -0.149. The van der Waals surface area contributed by atoms with Crippen molar-refractivity contribution >= 4 is 17.7 Å². The number of methoxy groups -OCH3 is 1. The van der Waals surface area contributed by atoms with E-state index < -0.39 is 11.4 Å². The topological polar surface area (TPSA) is 92.7 Å². The molecule has 2 N–H and O–H groups in total. The zero-order chi connectivity index (χ0) is 18.3. The highest BCUT2D eigenvalue weighted by Gasteiger charge is 2.35. The van der Waals surface area contributed by atoms with E-state index in [0.717, 1.165) is 0 Å². The maximum atomic E-state index is 12.2. The highest BCUT2D eigenvalue weighted by Crippen LogP contribution is 2.26. The monoisotopic (exact) mass is 335 g/mol. The number of amides is 1. The van der Waals surface area contributed by atoms with Gasteiger partial charge < -0.3 is 15.2 Å². The molecule has 0 unspecified atom stereocenters. The van der Waals surface area contributed by atoms with E-state index in [1.807, 2.05) is 0 Å². The Morgan fingerprint density at radius 2 is 1.83 bits per heavy atom. The van der Waals surface area contributed by atoms with E-state index >= 15 is 0 Å². The second-order valence-electron chi connectivity index (χ2n) is 5.83. The Morgan fingerprint density at radius 3 is 2.29 bits per heavy atom. The van der Waals surface area contributed by atoms with Crippen molar-refractivity contribution in [2.24, 2.45) is 5.41 Å². The van der Waals surface area contributed by atoms with Gasteiger partial charge in [0.05, 0.1) is 18.9 Å². The molecule has 1 amide bonds. The fourth-order valence-corrected chi connectivity index (χ4v) is 2.52. The number of hydrogen-bond donors (Lipinski definition) is 2. The number of ether oxygens (including phenoxy) is 1. The van der Waals surface area contributed by atoms with Crippen LogP contribution in [0.1, 0.15) is 49.5 Å². The molecule has 0 atom stereocenters. The van der Waals surface area contributed by atoms with Gasteiger partial charge in [0.1, 0.15) is 5.75 Å². The van der Waals surface area contributed by atoms with E-state index in [2.05, 4.69) is 5.32 Å². The van der Waals surface area contributed by atoms with Crippen LogP contribution in [-0.2, 0) is 16.0 Å². The van der Waals surface area contributed by atoms with Gasteiger partial charge >= 0.3 is 5.97 Å². The molecule has 1 rings (SSSR count). The molecule has 0 saturated carbocycles. The molecule has 0 spiro atoms. The molecule has 0 radical (unpaired) electrons. The van der Waals surface area contributed by atoms with Gasteiger partial charge in [0.2, 0.25) is 5.91 Å². The quantitative estimate of drug-likeness (QED) is 0.676. The maximum Gasteiger partial charge on any atom is 0.311 e. The molecule has 0 aliphatic rings. The van der Waals surface area contributed by atoms with E-state index in [1.165, 1.54) is 14.0 Å². The van der Waals surface area contributed by atoms with E-state index in [1.54, 1.807) is 32.0 Å². The summed E-state index contributed by atoms with van der Waals surface area (Å²) < 4.78 is 5.22. The van der Waals surface area contributed by atoms with Crippen molar-refractivity contribution < 1.29 is 24.2 Å². The Balaban J connectivity index is 2.86. The molecule has 0 aliphatic carbocycles. The highest BCUT2D eigenvalue weighted by molar-refractivity contribution is 5.94. The summed E-state index contributed by atoms with van der Waals surface area (Å²) in [5, 5.41) is 12.1. The van der Waals surface area contributed by atoms with Crippen molar-refractivity contribution in [3.05, 3.63) is 29.3 Å². The second kappa shape index (κ2) is 8.47. The first-order chi connectivity index (χ1) is 11.3. The molecule has 6 heteroatoms. The third-order valence-corrected chi connectivity index (χ3v) is 4.47. The first kappa shape index (κ1) is 19.7. The summed E-state index contributed by atoms with van der Waals surface area (Å²) in [6.07, 6.45) is 0.887. The molecular weight excluding hydrogens is 310 g/mol. The van der Waals surface area contributed by atoms with Gasteiger partial charge in [-0.25, -0.2) is 0 Å². The number of aliphatic carboxylic acids is 1. The van der Waals surface area contributed by atoms with Crippen molar-refractivity contribution in [3.63, 3.8) is 0 Å². The number of Topliss-reactive ketones (excluding diaryl/α,β-unsaturated/α-hetero) is 1. The lowest BCUT2D eigenvalue weighted by atomic mass is 9.82. The predicted molar refractivity (Wildman–Crippen MR) is 90.4 cm³/mol. The third kappa shape index (κ3) is 4.57. The summed E-state index contributed by atoms with van der Waals surface area (Å²) in [7, 11) is 1.49. The Labute approximate surface area is 142 Å². The van der Waals surface area contributed by atoms with Crippen LogP contribution < -0.4 is 10.1 Å². The van der Waals surface area contributed by atoms with Crippen LogP contribution >= 0.6 is 0 Å². The standard InChI is InChI=1S/C18H25NO5/c1-5-18(6-2,17(22)23)11-19-16(21)10-14-9-13(12(3)20)7-8-15(14)24-4/h7-9H,5-6,10-11H2,1-4H3,(H,19,21)(H,22,23). The van der Waals surface area contributed by atoms with Crippen LogP contribution in [0.3, 0.4) is 0 Å². The lowest BCUT2D eigenvalue weighted by Crippen LogP contribution is -2.42. The van der Waals surface area contributed by atoms with Gasteiger partial charge in [-0.05, 0) is 38.0 Å². The van der Waals surface area contributed by atoms with Crippen molar-refractivity contribution in [3.8, 4) is 5.75 Å². The van der Waals surface area contributed by atoms with Gasteiger partial charge in [-0.2, -0.15) is 0 Å². The first-order valence-corrected chi connectivity index (χ1v) is 7.97. The van der Waals surface area contributed by atoms with E-state index in [4.69, 9.17) is 4.74 Å². The van der Waals surface area contributed by atoms with Crippen LogP contribution in [0.25, 0.3) is 0 Å². The van der Waals surface area contributed by atoms with Crippen molar-refractivity contribution in [1.29, 1.82) is 0 Å². The molecule has 0 aromatic heterocycles. The summed E-state index contributed by atoms with van der Waals surface area (Å²) in [6, 6.07) is 4.93. The second-order valence-corrected chi connectivity index (χ2v) is 5.83. The zero-order valence-electron chi connectivity index (χ0n) is 14.6. The number of hydrogen-bond acceptors (Lipinski definition) is 4. The molecule has 0 aliphatic heterocycles. The first-order valence-electron chi connectivity index (χ1n) is 7.97. The Hall–Kier alpha value is -2.37. The average molecular weight is 335 g/mol. The number of ketones is 1. The van der Waals surface area contributed by atoms with Gasteiger partial charge in [-0.1, -0.05) is 13.8 Å². The average Bonchev–Trinajstić information content (AvgIpc) is 2.55. The number of nitrogens with one attached hydrogen (secondary N) is 1. The predicted octanol–water partition coefficient (Wildman–Crippen LogP) is 2.45. The number of carboxylic acid groups (broad SMARTS) is 1. The van der Waals surface area contributed by atoms with Gasteiger partial charge in [-0.15, -0.1) is 0 Å². The molecule has 0 heterocycles. The molecule has 0 saturated heterocycles. The van der Waals surface area contributed by atoms with Crippen molar-refractivity contribution in [1.82, 2.24) is 5.32 Å². The number of benzene rings is 1. The summed E-state index contributed by atoms with van der Waals surface area (Å²) in [4.78, 5) is 35.2. The fourth-order valence-electron chi connectivity index (χ4n) is 2.52. The van der Waals surface area contributed by atoms with Gasteiger partial charge in [0, 0.05) is 17.7 Å². The van der Waals surface area contributed by atoms with Crippen molar-refractivity contribution in [2.75, 3.05) is 13.7 Å². The van der Waals surface area contributed by atoms with Gasteiger partial charge in [0.15, 0.2) is 5.78 Å². The largest absolute Gasteiger partial charge is 0.496 e. The number of carbonyl (C=O) groups excluding carboxylic acids is 2. The van der Waals surface area contributed by atoms with Crippen LogP contribution in [0.5, 0.6) is 5.75 Å². The van der Waals surface area contributed by atoms with Crippen LogP contribution in [0.2, 0.25) is 0 Å². The fraction of sp³-hybridized carbons (Fsp3) is 0.500. The molecule has 24 heavy (non-hydrogen) atoms. The summed E-state index contributed by atoms with van der Waals surface area (Å²) in [5.74, 6) is -0.794. The maximum absolute atomic E-state index is 12.2. The Kier molecular flexibility index (Phi) is 6.95. The lowest BCUT2D eigenvalue weighted by Gasteiger charge is -2.26. The molecule has 1 aromatic carbocycles. The number of carbonyl (C=O) groups is 3. The van der Waals surface area contributed by atoms with Gasteiger partial charge in [0.25, 0.3) is 0 Å². The molecule has 6 nitrogen and oxygen atoms in total. The SMILES string of the molecule is CCC(CC)(CNC(=O)Cc1cc(C(C)=O)ccc1OC)C(=O)O. The van der Waals surface area contributed by atoms with E-state index in [0.29, 0.717) is 29.7 Å². The third-order valence-electron chi connectivity index (χ3n) is 4.47. The number of rotatable bonds is 9. The summed E-state index contributed by atoms with van der Waals surface area (Å²) in [6.45, 7) is 5.12. The highest BCUT2D eigenvalue weighted by atomic mass is 16.5. The molecular formula is C18H25NO5. The zero-order valence-corrected chi connectivity index (χ0v) is 14.6. The van der Waals surface area contributed by atoms with Crippen LogP contribution in [0.15, 0.2) is 18.2 Å². The van der Waals surface area contributed by atoms with Gasteiger partial charge in [-0.3, -0.25) is 14.4 Å². The molecule has 0 fully saturated rings. The molecule has 0 bridgehead atoms.